The summed E-state index contributed by atoms with van der Waals surface area (Å²) >= 11 is 0. The number of amides is 1. The molecule has 0 bridgehead atoms. The number of ether oxygens (including phenoxy) is 1. The van der Waals surface area contributed by atoms with Crippen molar-refractivity contribution < 1.29 is 9.53 Å². The molecule has 0 aliphatic carbocycles. The highest BCUT2D eigenvalue weighted by molar-refractivity contribution is 5.95. The van der Waals surface area contributed by atoms with Gasteiger partial charge < -0.3 is 14.0 Å². The van der Waals surface area contributed by atoms with E-state index in [2.05, 4.69) is 39.0 Å². The molecule has 154 valence electrons. The van der Waals surface area contributed by atoms with E-state index in [1.165, 1.54) is 5.69 Å². The number of hydrogen-bond donors (Lipinski definition) is 0. The minimum atomic E-state index is -0.0366. The van der Waals surface area contributed by atoms with Crippen LogP contribution in [0.15, 0.2) is 18.3 Å². The van der Waals surface area contributed by atoms with Crippen molar-refractivity contribution >= 4 is 11.6 Å². The van der Waals surface area contributed by atoms with Gasteiger partial charge in [0.05, 0.1) is 5.69 Å². The lowest BCUT2D eigenvalue weighted by molar-refractivity contribution is 0.0661. The molecule has 0 atom stereocenters. The van der Waals surface area contributed by atoms with Crippen LogP contribution in [0.25, 0.3) is 5.65 Å². The van der Waals surface area contributed by atoms with Gasteiger partial charge in [0, 0.05) is 49.7 Å². The van der Waals surface area contributed by atoms with Crippen molar-refractivity contribution in [3.8, 4) is 0 Å². The summed E-state index contributed by atoms with van der Waals surface area (Å²) in [6.45, 7) is 13.3. The zero-order chi connectivity index (χ0) is 20.5. The van der Waals surface area contributed by atoms with Crippen LogP contribution in [0.5, 0.6) is 0 Å². The Labute approximate surface area is 169 Å². The molecule has 1 saturated heterocycles. The summed E-state index contributed by atoms with van der Waals surface area (Å²) in [6, 6.07) is 3.88. The lowest BCUT2D eigenvalue weighted by atomic mass is 9.86. The predicted octanol–water partition coefficient (Wildman–Crippen LogP) is 4.33. The monoisotopic (exact) mass is 385 g/mol. The van der Waals surface area contributed by atoms with E-state index in [1.807, 2.05) is 25.4 Å². The molecule has 0 unspecified atom stereocenters. The first-order chi connectivity index (χ1) is 13.2. The molecule has 0 N–H and O–H groups in total. The number of fused-ring (bicyclic) bond motifs is 1. The molecular formula is C23H35N3O2. The average molecular weight is 386 g/mol. The van der Waals surface area contributed by atoms with E-state index in [4.69, 9.17) is 9.72 Å². The highest BCUT2D eigenvalue weighted by atomic mass is 16.5. The van der Waals surface area contributed by atoms with Gasteiger partial charge in [0.2, 0.25) is 0 Å². The van der Waals surface area contributed by atoms with Gasteiger partial charge in [-0.05, 0) is 43.2 Å². The van der Waals surface area contributed by atoms with Crippen molar-refractivity contribution in [3.63, 3.8) is 0 Å². The Morgan fingerprint density at radius 3 is 2.61 bits per heavy atom. The van der Waals surface area contributed by atoms with Crippen LogP contribution < -0.4 is 0 Å². The van der Waals surface area contributed by atoms with Crippen molar-refractivity contribution in [2.45, 2.75) is 59.3 Å². The van der Waals surface area contributed by atoms with Gasteiger partial charge in [-0.3, -0.25) is 4.79 Å². The van der Waals surface area contributed by atoms with Gasteiger partial charge in [-0.1, -0.05) is 34.6 Å². The van der Waals surface area contributed by atoms with Crippen LogP contribution in [0, 0.1) is 11.8 Å². The number of rotatable bonds is 5. The predicted molar refractivity (Wildman–Crippen MR) is 113 cm³/mol. The number of aromatic nitrogens is 2. The van der Waals surface area contributed by atoms with Crippen LogP contribution in [-0.2, 0) is 16.6 Å². The molecule has 5 nitrogen and oxygen atoms in total. The molecule has 0 aromatic carbocycles. The molecule has 2 aromatic heterocycles. The molecule has 0 spiro atoms. The number of imidazole rings is 1. The number of nitrogens with zero attached hydrogens (tertiary/aromatic N) is 3. The number of carbonyl (C=O) groups excluding carboxylic acids is 1. The fourth-order valence-electron chi connectivity index (χ4n) is 4.10. The first-order valence-corrected chi connectivity index (χ1v) is 10.5. The van der Waals surface area contributed by atoms with Gasteiger partial charge in [0.25, 0.3) is 5.91 Å². The van der Waals surface area contributed by atoms with Crippen molar-refractivity contribution in [3.05, 3.63) is 35.3 Å². The van der Waals surface area contributed by atoms with E-state index in [0.29, 0.717) is 17.4 Å². The van der Waals surface area contributed by atoms with Gasteiger partial charge in [0.1, 0.15) is 5.65 Å². The topological polar surface area (TPSA) is 46.8 Å². The Kier molecular flexibility index (Phi) is 6.13. The molecule has 1 fully saturated rings. The molecule has 1 amide bonds. The molecule has 3 rings (SSSR count). The quantitative estimate of drug-likeness (QED) is 0.770. The number of hydrogen-bond acceptors (Lipinski definition) is 3. The minimum Gasteiger partial charge on any atom is -0.381 e. The highest BCUT2D eigenvalue weighted by Crippen LogP contribution is 2.30. The van der Waals surface area contributed by atoms with E-state index >= 15 is 0 Å². The fraction of sp³-hybridized carbons (Fsp3) is 0.652. The normalized spacial score (nSPS) is 16.1. The second-order valence-electron chi connectivity index (χ2n) is 9.64. The largest absolute Gasteiger partial charge is 0.381 e. The van der Waals surface area contributed by atoms with Crippen LogP contribution in [0.2, 0.25) is 0 Å². The third-order valence-corrected chi connectivity index (χ3v) is 5.49. The van der Waals surface area contributed by atoms with E-state index in [-0.39, 0.29) is 11.3 Å². The fourth-order valence-corrected chi connectivity index (χ4v) is 4.10. The summed E-state index contributed by atoms with van der Waals surface area (Å²) in [5.41, 5.74) is 3.96. The van der Waals surface area contributed by atoms with Crippen LogP contribution >= 0.6 is 0 Å². The molecular weight excluding hydrogens is 350 g/mol. The second-order valence-corrected chi connectivity index (χ2v) is 9.64. The van der Waals surface area contributed by atoms with Gasteiger partial charge in [-0.15, -0.1) is 0 Å². The molecule has 5 heteroatoms. The van der Waals surface area contributed by atoms with E-state index in [9.17, 15) is 4.79 Å². The summed E-state index contributed by atoms with van der Waals surface area (Å²) in [6.07, 6.45) is 5.25. The Morgan fingerprint density at radius 2 is 2.00 bits per heavy atom. The maximum Gasteiger partial charge on any atom is 0.253 e. The number of carbonyl (C=O) groups is 1. The van der Waals surface area contributed by atoms with Crippen LogP contribution in [0.4, 0.5) is 0 Å². The lowest BCUT2D eigenvalue weighted by Gasteiger charge is -2.24. The Morgan fingerprint density at radius 1 is 1.32 bits per heavy atom. The first-order valence-electron chi connectivity index (χ1n) is 10.5. The Balaban J connectivity index is 1.96. The van der Waals surface area contributed by atoms with Crippen LogP contribution in [0.3, 0.4) is 0 Å². The first kappa shape index (κ1) is 20.8. The summed E-state index contributed by atoms with van der Waals surface area (Å²) in [5, 5.41) is 0. The molecule has 2 aromatic rings. The third kappa shape index (κ3) is 4.57. The van der Waals surface area contributed by atoms with Gasteiger partial charge in [-0.2, -0.15) is 0 Å². The maximum absolute atomic E-state index is 12.8. The average Bonchev–Trinajstić information content (AvgIpc) is 2.99. The summed E-state index contributed by atoms with van der Waals surface area (Å²) < 4.78 is 7.72. The van der Waals surface area contributed by atoms with Crippen LogP contribution in [-0.4, -0.2) is 47.0 Å². The lowest BCUT2D eigenvalue weighted by Crippen LogP contribution is -2.30. The smallest absolute Gasteiger partial charge is 0.253 e. The van der Waals surface area contributed by atoms with Gasteiger partial charge in [-0.25, -0.2) is 4.98 Å². The summed E-state index contributed by atoms with van der Waals surface area (Å²) in [4.78, 5) is 19.6. The standard InChI is InChI=1S/C23H35N3O2/c1-16(2)15-25(6)22(27)18-7-10-26-19(13-17-8-11-28-12-9-17)21(23(3,4)5)24-20(26)14-18/h7,10,14,16-17H,8-9,11-13,15H2,1-6H3. The molecule has 0 saturated carbocycles. The summed E-state index contributed by atoms with van der Waals surface area (Å²) in [7, 11) is 1.87. The van der Waals surface area contributed by atoms with Crippen molar-refractivity contribution in [1.82, 2.24) is 14.3 Å². The van der Waals surface area contributed by atoms with E-state index in [1.54, 1.807) is 4.90 Å². The minimum absolute atomic E-state index is 0.0366. The SMILES string of the molecule is CC(C)CN(C)C(=O)c1ccn2c(CC3CCOCC3)c(C(C)(C)C)nc2c1. The summed E-state index contributed by atoms with van der Waals surface area (Å²) in [5.74, 6) is 1.14. The Hall–Kier alpha value is -1.88. The zero-order valence-electron chi connectivity index (χ0n) is 18.3. The molecule has 1 aliphatic rings. The number of pyridine rings is 1. The van der Waals surface area contributed by atoms with Gasteiger partial charge >= 0.3 is 0 Å². The second kappa shape index (κ2) is 8.24. The zero-order valence-corrected chi connectivity index (χ0v) is 18.3. The molecule has 0 radical (unpaired) electrons. The van der Waals surface area contributed by atoms with Crippen molar-refractivity contribution in [1.29, 1.82) is 0 Å². The Bertz CT molecular complexity index is 826. The highest BCUT2D eigenvalue weighted by Gasteiger charge is 2.27. The maximum atomic E-state index is 12.8. The van der Waals surface area contributed by atoms with Crippen LogP contribution in [0.1, 0.15) is 69.2 Å². The van der Waals surface area contributed by atoms with Crippen molar-refractivity contribution in [2.75, 3.05) is 26.8 Å². The van der Waals surface area contributed by atoms with Gasteiger partial charge in [0.15, 0.2) is 0 Å². The molecule has 28 heavy (non-hydrogen) atoms. The third-order valence-electron chi connectivity index (χ3n) is 5.49. The van der Waals surface area contributed by atoms with Crippen molar-refractivity contribution in [2.24, 2.45) is 11.8 Å². The van der Waals surface area contributed by atoms with E-state index in [0.717, 1.165) is 50.4 Å². The molecule has 3 heterocycles. The molecule has 1 aliphatic heterocycles. The van der Waals surface area contributed by atoms with E-state index < -0.39 is 0 Å².